The Balaban J connectivity index is 1.50. The zero-order chi connectivity index (χ0) is 18.1. The summed E-state index contributed by atoms with van der Waals surface area (Å²) in [4.78, 5) is 16.8. The Kier molecular flexibility index (Phi) is 4.88. The average molecular weight is 385 g/mol. The number of nitrogens with one attached hydrogen (secondary N) is 1. The summed E-state index contributed by atoms with van der Waals surface area (Å²) in [5.74, 6) is -0.143. The summed E-state index contributed by atoms with van der Waals surface area (Å²) in [7, 11) is 0. The normalized spacial score (nSPS) is 16.2. The van der Waals surface area contributed by atoms with Crippen LogP contribution in [0.15, 0.2) is 42.0 Å². The van der Waals surface area contributed by atoms with Crippen LogP contribution in [0.4, 0.5) is 11.4 Å². The van der Waals surface area contributed by atoms with Crippen LogP contribution in [0, 0.1) is 0 Å². The van der Waals surface area contributed by atoms with Gasteiger partial charge in [0.05, 0.1) is 5.02 Å². The standard InChI is InChI=1S/C21H21ClN2OS/c1-14-4-10-17-18(11-5-14)26-20(19(17)22)21(25)23-15-6-8-16(9-7-15)24-12-2-3-13-24/h4-10H,2-3,11-13H2,1H3,(H,23,25). The van der Waals surface area contributed by atoms with Gasteiger partial charge in [0.2, 0.25) is 0 Å². The summed E-state index contributed by atoms with van der Waals surface area (Å²) >= 11 is 7.98. The number of rotatable bonds is 3. The van der Waals surface area contributed by atoms with Crippen molar-refractivity contribution in [2.75, 3.05) is 23.3 Å². The molecule has 1 N–H and O–H groups in total. The minimum absolute atomic E-state index is 0.143. The number of carbonyl (C=O) groups excluding carboxylic acids is 1. The highest BCUT2D eigenvalue weighted by molar-refractivity contribution is 7.15. The molecule has 1 aromatic carbocycles. The number of fused-ring (bicyclic) bond motifs is 1. The van der Waals surface area contributed by atoms with E-state index < -0.39 is 0 Å². The zero-order valence-corrected chi connectivity index (χ0v) is 16.3. The van der Waals surface area contributed by atoms with Crippen molar-refractivity contribution in [2.45, 2.75) is 26.2 Å². The van der Waals surface area contributed by atoms with Gasteiger partial charge in [-0.2, -0.15) is 0 Å². The molecule has 2 aromatic rings. The van der Waals surface area contributed by atoms with Crippen molar-refractivity contribution >= 4 is 46.3 Å². The van der Waals surface area contributed by atoms with Crippen LogP contribution >= 0.6 is 22.9 Å². The average Bonchev–Trinajstić information content (AvgIpc) is 3.23. The molecular weight excluding hydrogens is 364 g/mol. The van der Waals surface area contributed by atoms with Crippen molar-refractivity contribution < 1.29 is 4.79 Å². The zero-order valence-electron chi connectivity index (χ0n) is 14.7. The first kappa shape index (κ1) is 17.4. The van der Waals surface area contributed by atoms with Gasteiger partial charge in [-0.05, 0) is 44.0 Å². The van der Waals surface area contributed by atoms with Crippen LogP contribution in [0.3, 0.4) is 0 Å². The van der Waals surface area contributed by atoms with Gasteiger partial charge in [0.1, 0.15) is 4.88 Å². The molecule has 0 unspecified atom stereocenters. The fraction of sp³-hybridized carbons (Fsp3) is 0.286. The van der Waals surface area contributed by atoms with Gasteiger partial charge in [0.25, 0.3) is 5.91 Å². The minimum Gasteiger partial charge on any atom is -0.372 e. The van der Waals surface area contributed by atoms with E-state index >= 15 is 0 Å². The van der Waals surface area contributed by atoms with Crippen LogP contribution < -0.4 is 10.2 Å². The van der Waals surface area contributed by atoms with E-state index in [0.29, 0.717) is 9.90 Å². The molecule has 1 aliphatic heterocycles. The topological polar surface area (TPSA) is 32.3 Å². The number of benzene rings is 1. The number of allylic oxidation sites excluding steroid dienone is 3. The lowest BCUT2D eigenvalue weighted by atomic mass is 10.2. The summed E-state index contributed by atoms with van der Waals surface area (Å²) in [6.45, 7) is 4.30. The van der Waals surface area contributed by atoms with Crippen LogP contribution in [0.5, 0.6) is 0 Å². The maximum atomic E-state index is 12.7. The van der Waals surface area contributed by atoms with Gasteiger partial charge in [-0.25, -0.2) is 0 Å². The molecule has 0 atom stereocenters. The van der Waals surface area contributed by atoms with E-state index in [-0.39, 0.29) is 5.91 Å². The molecule has 0 radical (unpaired) electrons. The third-order valence-corrected chi connectivity index (χ3v) is 6.62. The van der Waals surface area contributed by atoms with E-state index in [1.165, 1.54) is 35.4 Å². The quantitative estimate of drug-likeness (QED) is 0.728. The molecule has 4 rings (SSSR count). The fourth-order valence-electron chi connectivity index (χ4n) is 3.39. The second-order valence-electron chi connectivity index (χ2n) is 6.76. The van der Waals surface area contributed by atoms with E-state index in [9.17, 15) is 4.79 Å². The molecule has 0 bridgehead atoms. The predicted molar refractivity (Wildman–Crippen MR) is 112 cm³/mol. The molecular formula is C21H21ClN2OS. The Labute approximate surface area is 163 Å². The lowest BCUT2D eigenvalue weighted by Gasteiger charge is -2.17. The second kappa shape index (κ2) is 7.29. The van der Waals surface area contributed by atoms with Crippen LogP contribution in [-0.2, 0) is 6.42 Å². The molecule has 2 heterocycles. The Morgan fingerprint density at radius 1 is 1.15 bits per heavy atom. The molecule has 1 aliphatic carbocycles. The van der Waals surface area contributed by atoms with Gasteiger partial charge in [0.15, 0.2) is 0 Å². The maximum absolute atomic E-state index is 12.7. The first-order valence-electron chi connectivity index (χ1n) is 8.94. The summed E-state index contributed by atoms with van der Waals surface area (Å²) in [5, 5.41) is 3.53. The number of hydrogen-bond donors (Lipinski definition) is 1. The van der Waals surface area contributed by atoms with Crippen LogP contribution in [-0.4, -0.2) is 19.0 Å². The van der Waals surface area contributed by atoms with Crippen LogP contribution in [0.25, 0.3) is 6.08 Å². The number of anilines is 2. The van der Waals surface area contributed by atoms with Gasteiger partial charge in [-0.1, -0.05) is 35.4 Å². The number of thiophene rings is 1. The molecule has 1 aromatic heterocycles. The number of hydrogen-bond acceptors (Lipinski definition) is 3. The number of halogens is 1. The van der Waals surface area contributed by atoms with Gasteiger partial charge in [0, 0.05) is 41.3 Å². The molecule has 1 amide bonds. The lowest BCUT2D eigenvalue weighted by molar-refractivity contribution is 0.103. The minimum atomic E-state index is -0.143. The molecule has 0 saturated carbocycles. The van der Waals surface area contributed by atoms with Gasteiger partial charge < -0.3 is 10.2 Å². The third-order valence-electron chi connectivity index (χ3n) is 4.89. The third kappa shape index (κ3) is 3.44. The first-order chi connectivity index (χ1) is 12.6. The number of carbonyl (C=O) groups is 1. The maximum Gasteiger partial charge on any atom is 0.267 e. The highest BCUT2D eigenvalue weighted by atomic mass is 35.5. The van der Waals surface area contributed by atoms with Crippen molar-refractivity contribution in [3.8, 4) is 0 Å². The van der Waals surface area contributed by atoms with Crippen molar-refractivity contribution in [2.24, 2.45) is 0 Å². The summed E-state index contributed by atoms with van der Waals surface area (Å²) in [5.41, 5.74) is 4.20. The Hall–Kier alpha value is -2.04. The molecule has 2 aliphatic rings. The van der Waals surface area contributed by atoms with Gasteiger partial charge >= 0.3 is 0 Å². The van der Waals surface area contributed by atoms with Crippen molar-refractivity contribution in [3.63, 3.8) is 0 Å². The molecule has 3 nitrogen and oxygen atoms in total. The summed E-state index contributed by atoms with van der Waals surface area (Å²) < 4.78 is 0. The molecule has 0 spiro atoms. The predicted octanol–water partition coefficient (Wildman–Crippen LogP) is 5.77. The fourth-order valence-corrected chi connectivity index (χ4v) is 4.86. The number of nitrogens with zero attached hydrogens (tertiary/aromatic N) is 1. The molecule has 1 fully saturated rings. The van der Waals surface area contributed by atoms with Crippen molar-refractivity contribution in [1.29, 1.82) is 0 Å². The smallest absolute Gasteiger partial charge is 0.267 e. The summed E-state index contributed by atoms with van der Waals surface area (Å²) in [6.07, 6.45) is 9.54. The SMILES string of the molecule is CC1=CCc2sc(C(=O)Nc3ccc(N4CCCC4)cc3)c(Cl)c2C=C1. The van der Waals surface area contributed by atoms with E-state index in [0.717, 1.165) is 35.6 Å². The van der Waals surface area contributed by atoms with E-state index in [1.54, 1.807) is 0 Å². The van der Waals surface area contributed by atoms with E-state index in [1.807, 2.05) is 24.3 Å². The molecule has 26 heavy (non-hydrogen) atoms. The lowest BCUT2D eigenvalue weighted by Crippen LogP contribution is -2.17. The van der Waals surface area contributed by atoms with E-state index in [2.05, 4.69) is 35.3 Å². The molecule has 5 heteroatoms. The Bertz CT molecular complexity index is 889. The molecule has 1 saturated heterocycles. The highest BCUT2D eigenvalue weighted by Crippen LogP contribution is 2.36. The van der Waals surface area contributed by atoms with Crippen LogP contribution in [0.1, 0.15) is 39.9 Å². The van der Waals surface area contributed by atoms with Gasteiger partial charge in [-0.15, -0.1) is 11.3 Å². The Morgan fingerprint density at radius 3 is 2.62 bits per heavy atom. The van der Waals surface area contributed by atoms with Crippen LogP contribution in [0.2, 0.25) is 5.02 Å². The molecule has 134 valence electrons. The summed E-state index contributed by atoms with van der Waals surface area (Å²) in [6, 6.07) is 8.07. The van der Waals surface area contributed by atoms with Crippen molar-refractivity contribution in [3.05, 3.63) is 62.3 Å². The first-order valence-corrected chi connectivity index (χ1v) is 10.1. The highest BCUT2D eigenvalue weighted by Gasteiger charge is 2.21. The Morgan fingerprint density at radius 2 is 1.88 bits per heavy atom. The monoisotopic (exact) mass is 384 g/mol. The second-order valence-corrected chi connectivity index (χ2v) is 8.25. The van der Waals surface area contributed by atoms with E-state index in [4.69, 9.17) is 11.6 Å². The largest absolute Gasteiger partial charge is 0.372 e. The number of amides is 1. The van der Waals surface area contributed by atoms with Gasteiger partial charge in [-0.3, -0.25) is 4.79 Å². The van der Waals surface area contributed by atoms with Crippen molar-refractivity contribution in [1.82, 2.24) is 0 Å².